The standard InChI is InChI=1S/C26H37N3O5S/c1-7-20(4)27-26(31)24(8-2)28(17-21-14-12-19(3)13-15-21)25(30)18-29(35(6,32)33)22-10-9-11-23(16-22)34-5/h9-16,20,24H,7-8,17-18H2,1-6H3,(H,27,31). The van der Waals surface area contributed by atoms with Crippen LogP contribution in [-0.2, 0) is 26.2 Å². The SMILES string of the molecule is CCC(C)NC(=O)C(CC)N(Cc1ccc(C)cc1)C(=O)CN(c1cccc(OC)c1)S(C)(=O)=O. The summed E-state index contributed by atoms with van der Waals surface area (Å²) in [6, 6.07) is 13.4. The summed E-state index contributed by atoms with van der Waals surface area (Å²) in [5, 5.41) is 2.96. The van der Waals surface area contributed by atoms with Crippen LogP contribution in [0.2, 0.25) is 0 Å². The third-order valence-electron chi connectivity index (χ3n) is 5.88. The van der Waals surface area contributed by atoms with E-state index in [9.17, 15) is 18.0 Å². The Morgan fingerprint density at radius 1 is 1.06 bits per heavy atom. The zero-order valence-corrected chi connectivity index (χ0v) is 22.3. The van der Waals surface area contributed by atoms with Gasteiger partial charge in [-0.25, -0.2) is 8.42 Å². The zero-order chi connectivity index (χ0) is 26.2. The third-order valence-corrected chi connectivity index (χ3v) is 7.02. The number of ether oxygens (including phenoxy) is 1. The number of carbonyl (C=O) groups excluding carboxylic acids is 2. The molecule has 2 atom stereocenters. The van der Waals surface area contributed by atoms with E-state index in [0.717, 1.165) is 28.1 Å². The second kappa shape index (κ2) is 12.6. The average Bonchev–Trinajstić information content (AvgIpc) is 2.82. The van der Waals surface area contributed by atoms with E-state index < -0.39 is 28.5 Å². The Morgan fingerprint density at radius 3 is 2.26 bits per heavy atom. The second-order valence-corrected chi connectivity index (χ2v) is 10.6. The molecule has 0 saturated heterocycles. The molecule has 35 heavy (non-hydrogen) atoms. The summed E-state index contributed by atoms with van der Waals surface area (Å²) in [6.45, 7) is 7.43. The van der Waals surface area contributed by atoms with E-state index in [2.05, 4.69) is 5.32 Å². The molecule has 0 aliphatic rings. The van der Waals surface area contributed by atoms with Gasteiger partial charge in [0.2, 0.25) is 21.8 Å². The Balaban J connectivity index is 2.44. The molecule has 0 aromatic heterocycles. The van der Waals surface area contributed by atoms with Gasteiger partial charge in [-0.1, -0.05) is 49.7 Å². The lowest BCUT2D eigenvalue weighted by atomic mass is 10.1. The Bertz CT molecular complexity index is 1100. The number of rotatable bonds is 12. The molecule has 0 bridgehead atoms. The molecular weight excluding hydrogens is 466 g/mol. The molecule has 2 unspecified atom stereocenters. The number of carbonyl (C=O) groups is 2. The van der Waals surface area contributed by atoms with E-state index in [1.54, 1.807) is 24.3 Å². The maximum Gasteiger partial charge on any atom is 0.244 e. The maximum atomic E-state index is 13.7. The third kappa shape index (κ3) is 7.99. The molecule has 2 rings (SSSR count). The maximum absolute atomic E-state index is 13.7. The van der Waals surface area contributed by atoms with Crippen molar-refractivity contribution in [3.05, 3.63) is 59.7 Å². The van der Waals surface area contributed by atoms with Crippen molar-refractivity contribution in [3.8, 4) is 5.75 Å². The van der Waals surface area contributed by atoms with Crippen LogP contribution < -0.4 is 14.4 Å². The number of methoxy groups -OCH3 is 1. The number of anilines is 1. The van der Waals surface area contributed by atoms with Crippen LogP contribution in [0, 0.1) is 6.92 Å². The van der Waals surface area contributed by atoms with E-state index in [4.69, 9.17) is 4.74 Å². The minimum Gasteiger partial charge on any atom is -0.497 e. The number of nitrogens with zero attached hydrogens (tertiary/aromatic N) is 2. The molecule has 9 heteroatoms. The number of sulfonamides is 1. The summed E-state index contributed by atoms with van der Waals surface area (Å²) in [5.41, 5.74) is 2.24. The second-order valence-electron chi connectivity index (χ2n) is 8.72. The van der Waals surface area contributed by atoms with Crippen molar-refractivity contribution in [1.29, 1.82) is 0 Å². The predicted molar refractivity (Wildman–Crippen MR) is 139 cm³/mol. The van der Waals surface area contributed by atoms with Crippen LogP contribution in [0.5, 0.6) is 5.75 Å². The minimum atomic E-state index is -3.80. The molecule has 2 aromatic carbocycles. The molecule has 192 valence electrons. The van der Waals surface area contributed by atoms with Crippen LogP contribution in [0.3, 0.4) is 0 Å². The number of aryl methyl sites for hydroxylation is 1. The summed E-state index contributed by atoms with van der Waals surface area (Å²) in [5.74, 6) is -0.251. The highest BCUT2D eigenvalue weighted by atomic mass is 32.2. The molecule has 1 N–H and O–H groups in total. The molecule has 8 nitrogen and oxygen atoms in total. The van der Waals surface area contributed by atoms with Crippen LogP contribution in [-0.4, -0.2) is 57.1 Å². The highest BCUT2D eigenvalue weighted by Gasteiger charge is 2.32. The Labute approximate surface area is 209 Å². The molecule has 0 spiro atoms. The first-order valence-corrected chi connectivity index (χ1v) is 13.6. The number of nitrogens with one attached hydrogen (secondary N) is 1. The first-order chi connectivity index (χ1) is 16.5. The fourth-order valence-electron chi connectivity index (χ4n) is 3.63. The largest absolute Gasteiger partial charge is 0.497 e. The Kier molecular flexibility index (Phi) is 10.1. The first-order valence-electron chi connectivity index (χ1n) is 11.8. The fourth-order valence-corrected chi connectivity index (χ4v) is 4.47. The summed E-state index contributed by atoms with van der Waals surface area (Å²) in [4.78, 5) is 28.3. The number of hydrogen-bond donors (Lipinski definition) is 1. The molecular formula is C26H37N3O5S. The van der Waals surface area contributed by atoms with E-state index in [1.165, 1.54) is 12.0 Å². The Morgan fingerprint density at radius 2 is 1.71 bits per heavy atom. The summed E-state index contributed by atoms with van der Waals surface area (Å²) >= 11 is 0. The van der Waals surface area contributed by atoms with Crippen LogP contribution in [0.4, 0.5) is 5.69 Å². The van der Waals surface area contributed by atoms with Gasteiger partial charge in [0, 0.05) is 18.7 Å². The topological polar surface area (TPSA) is 96.0 Å². The number of hydrogen-bond acceptors (Lipinski definition) is 5. The van der Waals surface area contributed by atoms with E-state index in [1.807, 2.05) is 52.0 Å². The van der Waals surface area contributed by atoms with Gasteiger partial charge >= 0.3 is 0 Å². The molecule has 0 aliphatic heterocycles. The summed E-state index contributed by atoms with van der Waals surface area (Å²) < 4.78 is 31.6. The molecule has 0 saturated carbocycles. The molecule has 0 heterocycles. The molecule has 2 aromatic rings. The van der Waals surface area contributed by atoms with Gasteiger partial charge < -0.3 is 15.0 Å². The van der Waals surface area contributed by atoms with Crippen molar-refractivity contribution >= 4 is 27.5 Å². The van der Waals surface area contributed by atoms with Crippen LogP contribution >= 0.6 is 0 Å². The number of benzene rings is 2. The minimum absolute atomic E-state index is 0.0443. The predicted octanol–water partition coefficient (Wildman–Crippen LogP) is 3.49. The normalized spacial score (nSPS) is 13.0. The van der Waals surface area contributed by atoms with E-state index in [-0.39, 0.29) is 18.5 Å². The monoisotopic (exact) mass is 503 g/mol. The summed E-state index contributed by atoms with van der Waals surface area (Å²) in [7, 11) is -2.31. The lowest BCUT2D eigenvalue weighted by Crippen LogP contribution is -2.53. The van der Waals surface area contributed by atoms with Crippen molar-refractivity contribution in [2.45, 2.75) is 59.2 Å². The van der Waals surface area contributed by atoms with E-state index in [0.29, 0.717) is 17.9 Å². The quantitative estimate of drug-likeness (QED) is 0.478. The van der Waals surface area contributed by atoms with Gasteiger partial charge in [-0.05, 0) is 44.4 Å². The van der Waals surface area contributed by atoms with Gasteiger partial charge in [-0.15, -0.1) is 0 Å². The van der Waals surface area contributed by atoms with Crippen LogP contribution in [0.1, 0.15) is 44.7 Å². The zero-order valence-electron chi connectivity index (χ0n) is 21.4. The number of amides is 2. The summed E-state index contributed by atoms with van der Waals surface area (Å²) in [6.07, 6.45) is 2.20. The van der Waals surface area contributed by atoms with Gasteiger partial charge in [0.05, 0.1) is 19.1 Å². The van der Waals surface area contributed by atoms with Crippen molar-refractivity contribution in [1.82, 2.24) is 10.2 Å². The van der Waals surface area contributed by atoms with Gasteiger partial charge in [0.1, 0.15) is 18.3 Å². The van der Waals surface area contributed by atoms with Crippen molar-refractivity contribution in [3.63, 3.8) is 0 Å². The molecule has 0 radical (unpaired) electrons. The van der Waals surface area contributed by atoms with Crippen molar-refractivity contribution in [2.75, 3.05) is 24.2 Å². The van der Waals surface area contributed by atoms with Crippen LogP contribution in [0.15, 0.2) is 48.5 Å². The van der Waals surface area contributed by atoms with Crippen molar-refractivity contribution < 1.29 is 22.7 Å². The smallest absolute Gasteiger partial charge is 0.244 e. The van der Waals surface area contributed by atoms with Gasteiger partial charge in [-0.3, -0.25) is 13.9 Å². The van der Waals surface area contributed by atoms with Gasteiger partial charge in [-0.2, -0.15) is 0 Å². The van der Waals surface area contributed by atoms with Gasteiger partial charge in [0.25, 0.3) is 0 Å². The van der Waals surface area contributed by atoms with E-state index >= 15 is 0 Å². The lowest BCUT2D eigenvalue weighted by Gasteiger charge is -2.33. The molecule has 0 aliphatic carbocycles. The fraction of sp³-hybridized carbons (Fsp3) is 0.462. The average molecular weight is 504 g/mol. The Hall–Kier alpha value is -3.07. The lowest BCUT2D eigenvalue weighted by molar-refractivity contribution is -0.140. The highest BCUT2D eigenvalue weighted by Crippen LogP contribution is 2.24. The van der Waals surface area contributed by atoms with Crippen LogP contribution in [0.25, 0.3) is 0 Å². The van der Waals surface area contributed by atoms with Gasteiger partial charge in [0.15, 0.2) is 0 Å². The molecule has 2 amide bonds. The first kappa shape index (κ1) is 28.2. The van der Waals surface area contributed by atoms with Crippen molar-refractivity contribution in [2.24, 2.45) is 0 Å². The highest BCUT2D eigenvalue weighted by molar-refractivity contribution is 7.92. The molecule has 0 fully saturated rings.